The van der Waals surface area contributed by atoms with Gasteiger partial charge >= 0.3 is 0 Å². The molecule has 0 saturated carbocycles. The van der Waals surface area contributed by atoms with Gasteiger partial charge in [-0.2, -0.15) is 0 Å². The lowest BCUT2D eigenvalue weighted by molar-refractivity contribution is 0.0796. The first-order valence-corrected chi connectivity index (χ1v) is 5.60. The highest BCUT2D eigenvalue weighted by molar-refractivity contribution is 5.24. The van der Waals surface area contributed by atoms with Gasteiger partial charge in [-0.15, -0.1) is 0 Å². The maximum absolute atomic E-state index is 12.8. The number of rotatable bonds is 5. The van der Waals surface area contributed by atoms with Crippen LogP contribution < -0.4 is 4.74 Å². The normalized spacial score (nSPS) is 16.2. The molecule has 0 fully saturated rings. The average molecular weight is 222 g/mol. The highest BCUT2D eigenvalue weighted by atomic mass is 19.1. The topological polar surface area (TPSA) is 9.23 Å². The Morgan fingerprint density at radius 2 is 2.00 bits per heavy atom. The first-order valence-electron chi connectivity index (χ1n) is 5.60. The maximum atomic E-state index is 12.8. The minimum atomic E-state index is -0.410. The quantitative estimate of drug-likeness (QED) is 0.678. The third-order valence-corrected chi connectivity index (χ3v) is 3.15. The predicted octanol–water partition coefficient (Wildman–Crippen LogP) is 4.20. The Bertz CT molecular complexity index is 344. The van der Waals surface area contributed by atoms with Crippen LogP contribution in [0.25, 0.3) is 0 Å². The van der Waals surface area contributed by atoms with Gasteiger partial charge in [0.2, 0.25) is 0 Å². The first kappa shape index (κ1) is 12.8. The van der Waals surface area contributed by atoms with E-state index in [0.29, 0.717) is 11.7 Å². The van der Waals surface area contributed by atoms with Crippen molar-refractivity contribution in [2.45, 2.75) is 32.8 Å². The second-order valence-electron chi connectivity index (χ2n) is 4.25. The standard InChI is InChI=1S/C14H19FO/c1-5-11(3)14(4,6-2)16-13-9-7-12(15)8-10-13/h6-11H,2,5H2,1,3-4H3/t11-,14?/m1/s1. The summed E-state index contributed by atoms with van der Waals surface area (Å²) in [6, 6.07) is 6.07. The Kier molecular flexibility index (Phi) is 4.11. The van der Waals surface area contributed by atoms with Crippen LogP contribution in [0.15, 0.2) is 36.9 Å². The van der Waals surface area contributed by atoms with E-state index in [2.05, 4.69) is 20.4 Å². The van der Waals surface area contributed by atoms with Gasteiger partial charge in [-0.3, -0.25) is 0 Å². The molecular formula is C14H19FO. The van der Waals surface area contributed by atoms with Crippen LogP contribution in [-0.4, -0.2) is 5.60 Å². The van der Waals surface area contributed by atoms with Gasteiger partial charge in [-0.1, -0.05) is 20.4 Å². The molecule has 0 heterocycles. The van der Waals surface area contributed by atoms with Gasteiger partial charge in [-0.05, 0) is 49.6 Å². The van der Waals surface area contributed by atoms with Crippen LogP contribution in [0, 0.1) is 11.7 Å². The monoisotopic (exact) mass is 222 g/mol. The van der Waals surface area contributed by atoms with E-state index in [1.165, 1.54) is 12.1 Å². The van der Waals surface area contributed by atoms with E-state index in [1.54, 1.807) is 12.1 Å². The summed E-state index contributed by atoms with van der Waals surface area (Å²) in [4.78, 5) is 0. The van der Waals surface area contributed by atoms with E-state index in [-0.39, 0.29) is 5.82 Å². The predicted molar refractivity (Wildman–Crippen MR) is 65.1 cm³/mol. The average Bonchev–Trinajstić information content (AvgIpc) is 2.31. The molecule has 2 heteroatoms. The van der Waals surface area contributed by atoms with Crippen LogP contribution in [0.2, 0.25) is 0 Å². The molecule has 1 aromatic carbocycles. The minimum Gasteiger partial charge on any atom is -0.483 e. The summed E-state index contributed by atoms with van der Waals surface area (Å²) in [7, 11) is 0. The highest BCUT2D eigenvalue weighted by Gasteiger charge is 2.28. The summed E-state index contributed by atoms with van der Waals surface area (Å²) >= 11 is 0. The van der Waals surface area contributed by atoms with Crippen molar-refractivity contribution in [3.8, 4) is 5.75 Å². The van der Waals surface area contributed by atoms with Gasteiger partial charge in [0, 0.05) is 0 Å². The minimum absolute atomic E-state index is 0.254. The largest absolute Gasteiger partial charge is 0.483 e. The zero-order chi connectivity index (χ0) is 12.2. The molecule has 0 aromatic heterocycles. The van der Waals surface area contributed by atoms with E-state index >= 15 is 0 Å². The molecular weight excluding hydrogens is 203 g/mol. The van der Waals surface area contributed by atoms with Crippen LogP contribution in [0.4, 0.5) is 4.39 Å². The number of benzene rings is 1. The van der Waals surface area contributed by atoms with Crippen molar-refractivity contribution in [2.24, 2.45) is 5.92 Å². The van der Waals surface area contributed by atoms with Crippen LogP contribution in [-0.2, 0) is 0 Å². The molecule has 0 bridgehead atoms. The van der Waals surface area contributed by atoms with Crippen molar-refractivity contribution >= 4 is 0 Å². The highest BCUT2D eigenvalue weighted by Crippen LogP contribution is 2.28. The molecule has 0 aliphatic rings. The van der Waals surface area contributed by atoms with Crippen molar-refractivity contribution in [3.05, 3.63) is 42.7 Å². The number of hydrogen-bond donors (Lipinski definition) is 0. The number of hydrogen-bond acceptors (Lipinski definition) is 1. The fraction of sp³-hybridized carbons (Fsp3) is 0.429. The number of ether oxygens (including phenoxy) is 1. The van der Waals surface area contributed by atoms with Crippen LogP contribution in [0.3, 0.4) is 0 Å². The van der Waals surface area contributed by atoms with Crippen molar-refractivity contribution in [1.82, 2.24) is 0 Å². The molecule has 0 spiro atoms. The summed E-state index contributed by atoms with van der Waals surface area (Å²) in [5.41, 5.74) is -0.410. The van der Waals surface area contributed by atoms with E-state index in [9.17, 15) is 4.39 Å². The molecule has 1 rings (SSSR count). The second kappa shape index (κ2) is 5.15. The maximum Gasteiger partial charge on any atom is 0.127 e. The van der Waals surface area contributed by atoms with Crippen molar-refractivity contribution < 1.29 is 9.13 Å². The Labute approximate surface area is 96.9 Å². The molecule has 0 aliphatic carbocycles. The summed E-state index contributed by atoms with van der Waals surface area (Å²) in [5.74, 6) is 0.773. The third kappa shape index (κ3) is 2.84. The molecule has 0 N–H and O–H groups in total. The molecule has 0 radical (unpaired) electrons. The summed E-state index contributed by atoms with van der Waals surface area (Å²) in [6.07, 6.45) is 2.81. The molecule has 1 unspecified atom stereocenters. The second-order valence-corrected chi connectivity index (χ2v) is 4.25. The molecule has 0 saturated heterocycles. The number of halogens is 1. The molecule has 2 atom stereocenters. The first-order chi connectivity index (χ1) is 7.51. The zero-order valence-electron chi connectivity index (χ0n) is 10.2. The van der Waals surface area contributed by atoms with E-state index in [0.717, 1.165) is 6.42 Å². The summed E-state index contributed by atoms with van der Waals surface area (Å²) in [6.45, 7) is 10.0. The smallest absolute Gasteiger partial charge is 0.127 e. The van der Waals surface area contributed by atoms with Crippen molar-refractivity contribution in [3.63, 3.8) is 0 Å². The Morgan fingerprint density at radius 3 is 2.44 bits per heavy atom. The van der Waals surface area contributed by atoms with Gasteiger partial charge in [-0.25, -0.2) is 4.39 Å². The lowest BCUT2D eigenvalue weighted by atomic mass is 9.88. The van der Waals surface area contributed by atoms with Gasteiger partial charge < -0.3 is 4.74 Å². The Hall–Kier alpha value is -1.31. The summed E-state index contributed by atoms with van der Waals surface area (Å²) < 4.78 is 18.6. The van der Waals surface area contributed by atoms with Crippen molar-refractivity contribution in [2.75, 3.05) is 0 Å². The molecule has 0 aliphatic heterocycles. The van der Waals surface area contributed by atoms with Crippen LogP contribution in [0.1, 0.15) is 27.2 Å². The zero-order valence-corrected chi connectivity index (χ0v) is 10.2. The van der Waals surface area contributed by atoms with E-state index in [4.69, 9.17) is 4.74 Å². The van der Waals surface area contributed by atoms with Crippen LogP contribution in [0.5, 0.6) is 5.75 Å². The van der Waals surface area contributed by atoms with Crippen molar-refractivity contribution in [1.29, 1.82) is 0 Å². The lowest BCUT2D eigenvalue weighted by Gasteiger charge is -2.33. The van der Waals surface area contributed by atoms with Gasteiger partial charge in [0.1, 0.15) is 17.2 Å². The van der Waals surface area contributed by atoms with Gasteiger partial charge in [0.15, 0.2) is 0 Å². The molecule has 88 valence electrons. The molecule has 1 nitrogen and oxygen atoms in total. The SMILES string of the molecule is C=CC(C)(Oc1ccc(F)cc1)[C@H](C)CC. The fourth-order valence-corrected chi connectivity index (χ4v) is 1.51. The van der Waals surface area contributed by atoms with Gasteiger partial charge in [0.25, 0.3) is 0 Å². The molecule has 1 aromatic rings. The Balaban J connectivity index is 2.84. The molecule has 16 heavy (non-hydrogen) atoms. The van der Waals surface area contributed by atoms with Crippen LogP contribution >= 0.6 is 0 Å². The fourth-order valence-electron chi connectivity index (χ4n) is 1.51. The Morgan fingerprint density at radius 1 is 1.44 bits per heavy atom. The van der Waals surface area contributed by atoms with E-state index < -0.39 is 5.60 Å². The molecule has 0 amide bonds. The third-order valence-electron chi connectivity index (χ3n) is 3.15. The summed E-state index contributed by atoms with van der Waals surface area (Å²) in [5, 5.41) is 0. The van der Waals surface area contributed by atoms with E-state index in [1.807, 2.05) is 13.0 Å². The lowest BCUT2D eigenvalue weighted by Crippen LogP contribution is -2.36. The van der Waals surface area contributed by atoms with Gasteiger partial charge in [0.05, 0.1) is 0 Å².